The fourth-order valence-corrected chi connectivity index (χ4v) is 8.86. The van der Waals surface area contributed by atoms with Crippen LogP contribution in [0, 0.1) is 163 Å². The summed E-state index contributed by atoms with van der Waals surface area (Å²) in [6, 6.07) is 0. The molecule has 7 aromatic carbocycles. The molecule has 1 nitrogen and oxygen atoms in total. The van der Waals surface area contributed by atoms with Crippen LogP contribution in [0.3, 0.4) is 0 Å². The summed E-state index contributed by atoms with van der Waals surface area (Å²) in [4.78, 5) is 0. The number of rotatable bonds is 4. The van der Waals surface area contributed by atoms with Crippen molar-refractivity contribution in [3.63, 3.8) is 0 Å². The number of hydrogen-bond acceptors (Lipinski definition) is 1. The van der Waals surface area contributed by atoms with E-state index in [-0.39, 0.29) is 0 Å². The van der Waals surface area contributed by atoms with Gasteiger partial charge < -0.3 is 4.74 Å². The van der Waals surface area contributed by atoms with Gasteiger partial charge in [-0.25, -0.2) is 123 Å². The fourth-order valence-electron chi connectivity index (χ4n) is 8.86. The third kappa shape index (κ3) is 5.43. The number of fused-ring (bicyclic) bond motifs is 9. The Bertz CT molecular complexity index is 3380. The van der Waals surface area contributed by atoms with Crippen molar-refractivity contribution < 1.29 is 128 Å². The molecule has 2 aliphatic heterocycles. The molecule has 2 bridgehead atoms. The fraction of sp³-hybridized carbons (Fsp3) is 0.0476. The molecule has 0 aliphatic carbocycles. The molecular weight excluding hydrogens is 1050 g/mol. The second kappa shape index (κ2) is 15.2. The van der Waals surface area contributed by atoms with Crippen molar-refractivity contribution in [3.05, 3.63) is 196 Å². The minimum absolute atomic E-state index is 3.17. The third-order valence-electron chi connectivity index (χ3n) is 11.5. The Morgan fingerprint density at radius 2 is 0.324 bits per heavy atom. The second-order valence-electron chi connectivity index (χ2n) is 14.8. The van der Waals surface area contributed by atoms with E-state index in [0.717, 1.165) is 0 Å². The highest BCUT2D eigenvalue weighted by Crippen LogP contribution is 2.73. The van der Waals surface area contributed by atoms with Crippen molar-refractivity contribution >= 4 is 10.8 Å². The van der Waals surface area contributed by atoms with Gasteiger partial charge in [0.25, 0.3) is 0 Å². The molecule has 71 heavy (non-hydrogen) atoms. The summed E-state index contributed by atoms with van der Waals surface area (Å²) >= 11 is 0. The summed E-state index contributed by atoms with van der Waals surface area (Å²) in [6.07, 6.45) is 0. The summed E-state index contributed by atoms with van der Waals surface area (Å²) in [5.74, 6) is -101. The first-order valence-corrected chi connectivity index (χ1v) is 17.9. The monoisotopic (exact) mass is 1050 g/mol. The molecule has 0 spiro atoms. The highest BCUT2D eigenvalue weighted by atomic mass is 19.2. The van der Waals surface area contributed by atoms with E-state index in [1.54, 1.807) is 0 Å². The maximum Gasteiger partial charge on any atom is 0.200 e. The van der Waals surface area contributed by atoms with E-state index in [1.165, 1.54) is 0 Å². The van der Waals surface area contributed by atoms with Gasteiger partial charge in [0, 0.05) is 44.2 Å². The topological polar surface area (TPSA) is 9.23 Å². The molecule has 0 saturated carbocycles. The van der Waals surface area contributed by atoms with Crippen LogP contribution in [0.5, 0.6) is 0 Å². The molecule has 2 heterocycles. The zero-order valence-electron chi connectivity index (χ0n) is 32.0. The molecule has 0 aromatic heterocycles. The molecule has 9 rings (SSSR count). The van der Waals surface area contributed by atoms with Crippen molar-refractivity contribution in [2.75, 3.05) is 0 Å². The van der Waals surface area contributed by atoms with Crippen molar-refractivity contribution in [1.82, 2.24) is 0 Å². The third-order valence-corrected chi connectivity index (χ3v) is 11.5. The van der Waals surface area contributed by atoms with Gasteiger partial charge in [0.05, 0.1) is 22.3 Å². The molecule has 370 valence electrons. The number of ether oxygens (including phenoxy) is 1. The van der Waals surface area contributed by atoms with Crippen LogP contribution >= 0.6 is 0 Å². The Morgan fingerprint density at radius 3 is 0.549 bits per heavy atom. The maximum atomic E-state index is 16.8. The predicted octanol–water partition coefficient (Wildman–Crippen LogP) is 14.0. The number of hydrogen-bond donors (Lipinski definition) is 0. The van der Waals surface area contributed by atoms with Gasteiger partial charge in [0.1, 0.15) is 0 Å². The molecule has 0 amide bonds. The SMILES string of the molecule is Fc1c(F)c(F)c(-c2c3c(c(-c4c(F)c(F)c(F)c(F)c4F)c4c(F)c(F)c(F)c(F)c24)C2(c4c(F)c(F)c(F)c(F)c4F)OC3(c3c(F)c(F)c(F)c(F)c3F)c3c(F)c(F)c(F)c(F)c32)c(F)c1F. The molecule has 0 saturated heterocycles. The van der Waals surface area contributed by atoms with Crippen LogP contribution in [-0.4, -0.2) is 0 Å². The van der Waals surface area contributed by atoms with Gasteiger partial charge in [-0.15, -0.1) is 0 Å². The Labute approximate surface area is 368 Å². The van der Waals surface area contributed by atoms with E-state index in [9.17, 15) is 17.6 Å². The van der Waals surface area contributed by atoms with Gasteiger partial charge in [-0.2, -0.15) is 0 Å². The lowest BCUT2D eigenvalue weighted by atomic mass is 9.62. The number of benzene rings is 7. The van der Waals surface area contributed by atoms with Gasteiger partial charge in [-0.1, -0.05) is 0 Å². The standard InChI is InChI=1S/C42F28O/c43-13-3-1(5-15(45)27(57)37(67)28(58)16(5)46)7-8(2(4(3)14(44)26(56)25(13)55)6-17(47)29(59)38(68)30(60)18(6)48)42(12-23(53)35(65)40(70)36(66)24(12)54)10-9(19(49)31(61)32(62)20(10)50)41(7,71-42)11-21(51)33(63)39(69)34(64)22(11)52. The predicted molar refractivity (Wildman–Crippen MR) is 174 cm³/mol. The molecule has 2 atom stereocenters. The van der Waals surface area contributed by atoms with E-state index in [4.69, 9.17) is 4.74 Å². The molecular formula is C42F28O. The van der Waals surface area contributed by atoms with Gasteiger partial charge >= 0.3 is 0 Å². The summed E-state index contributed by atoms with van der Waals surface area (Å²) in [5.41, 5.74) is -44.5. The first-order chi connectivity index (χ1) is 32.9. The number of halogens is 28. The average molecular weight is 1050 g/mol. The van der Waals surface area contributed by atoms with E-state index >= 15 is 105 Å². The van der Waals surface area contributed by atoms with Crippen LogP contribution in [0.4, 0.5) is 123 Å². The van der Waals surface area contributed by atoms with Gasteiger partial charge in [0.15, 0.2) is 151 Å². The summed E-state index contributed by atoms with van der Waals surface area (Å²) in [5, 5.41) is -6.33. The van der Waals surface area contributed by atoms with Gasteiger partial charge in [-0.05, 0) is 0 Å². The van der Waals surface area contributed by atoms with E-state index in [0.29, 0.717) is 0 Å². The van der Waals surface area contributed by atoms with Crippen LogP contribution in [0.1, 0.15) is 33.4 Å². The Morgan fingerprint density at radius 1 is 0.155 bits per heavy atom. The Kier molecular flexibility index (Phi) is 10.4. The van der Waals surface area contributed by atoms with Crippen molar-refractivity contribution in [2.45, 2.75) is 11.2 Å². The normalized spacial score (nSPS) is 17.1. The highest BCUT2D eigenvalue weighted by Gasteiger charge is 2.73. The van der Waals surface area contributed by atoms with Gasteiger partial charge in [0.2, 0.25) is 23.3 Å². The zero-order chi connectivity index (χ0) is 52.8. The first-order valence-electron chi connectivity index (χ1n) is 17.9. The van der Waals surface area contributed by atoms with Crippen molar-refractivity contribution in [2.24, 2.45) is 0 Å². The van der Waals surface area contributed by atoms with Crippen LogP contribution < -0.4 is 0 Å². The van der Waals surface area contributed by atoms with Crippen LogP contribution in [0.15, 0.2) is 0 Å². The maximum absolute atomic E-state index is 16.8. The quantitative estimate of drug-likeness (QED) is 0.0970. The molecule has 29 heteroatoms. The summed E-state index contributed by atoms with van der Waals surface area (Å²) in [6.45, 7) is 0. The van der Waals surface area contributed by atoms with Crippen LogP contribution in [0.25, 0.3) is 33.0 Å². The molecule has 2 unspecified atom stereocenters. The van der Waals surface area contributed by atoms with Crippen molar-refractivity contribution in [3.8, 4) is 22.3 Å². The minimum Gasteiger partial charge on any atom is -0.339 e. The van der Waals surface area contributed by atoms with E-state index in [2.05, 4.69) is 0 Å². The lowest BCUT2D eigenvalue weighted by molar-refractivity contribution is -0.0359. The zero-order valence-corrected chi connectivity index (χ0v) is 32.0. The van der Waals surface area contributed by atoms with Crippen molar-refractivity contribution in [1.29, 1.82) is 0 Å². The Hall–Kier alpha value is -7.20. The summed E-state index contributed by atoms with van der Waals surface area (Å²) < 4.78 is 448. The molecule has 0 radical (unpaired) electrons. The molecule has 0 N–H and O–H groups in total. The highest BCUT2D eigenvalue weighted by molar-refractivity contribution is 6.11. The summed E-state index contributed by atoms with van der Waals surface area (Å²) in [7, 11) is 0. The second-order valence-corrected chi connectivity index (χ2v) is 14.8. The van der Waals surface area contributed by atoms with Crippen LogP contribution in [-0.2, 0) is 15.9 Å². The smallest absolute Gasteiger partial charge is 0.200 e. The largest absolute Gasteiger partial charge is 0.339 e. The first kappa shape index (κ1) is 48.8. The lowest BCUT2D eigenvalue weighted by Crippen LogP contribution is -2.35. The van der Waals surface area contributed by atoms with E-state index in [1.807, 2.05) is 0 Å². The van der Waals surface area contributed by atoms with Gasteiger partial charge in [-0.3, -0.25) is 0 Å². The minimum atomic E-state index is -5.77. The molecule has 7 aromatic rings. The molecule has 0 fully saturated rings. The van der Waals surface area contributed by atoms with Crippen LogP contribution in [0.2, 0.25) is 0 Å². The average Bonchev–Trinajstić information content (AvgIpc) is 3.81. The lowest BCUT2D eigenvalue weighted by Gasteiger charge is -2.36. The molecule has 2 aliphatic rings. The Balaban J connectivity index is 1.85. The van der Waals surface area contributed by atoms with E-state index < -0.39 is 240 Å².